The van der Waals surface area contributed by atoms with E-state index in [4.69, 9.17) is 11.5 Å². The molecule has 0 bridgehead atoms. The Kier molecular flexibility index (Phi) is 1.98. The number of rotatable bonds is 1. The lowest BCUT2D eigenvalue weighted by Gasteiger charge is -2.00. The van der Waals surface area contributed by atoms with Gasteiger partial charge in [-0.15, -0.1) is 0 Å². The maximum Gasteiger partial charge on any atom is 0.220 e. The summed E-state index contributed by atoms with van der Waals surface area (Å²) in [5.41, 5.74) is 13.1. The van der Waals surface area contributed by atoms with E-state index in [0.717, 1.165) is 0 Å². The Hall–Kier alpha value is -2.17. The molecule has 0 spiro atoms. The number of anilines is 2. The predicted octanol–water partition coefficient (Wildman–Crippen LogP) is 0.703. The summed E-state index contributed by atoms with van der Waals surface area (Å²) in [5.74, 6) is 0.228. The Labute approximate surface area is 80.8 Å². The second-order valence-electron chi connectivity index (χ2n) is 2.77. The number of hydrogen-bond acceptors (Lipinski definition) is 5. The molecule has 0 amide bonds. The predicted molar refractivity (Wildman–Crippen MR) is 54.1 cm³/mol. The van der Waals surface area contributed by atoms with Crippen LogP contribution in [0.1, 0.15) is 0 Å². The fourth-order valence-electron chi connectivity index (χ4n) is 1.10. The zero-order valence-corrected chi connectivity index (χ0v) is 7.38. The van der Waals surface area contributed by atoms with Crippen molar-refractivity contribution in [3.63, 3.8) is 0 Å². The summed E-state index contributed by atoms with van der Waals surface area (Å²) < 4.78 is 0. The number of hydrogen-bond donors (Lipinski definition) is 2. The summed E-state index contributed by atoms with van der Waals surface area (Å²) in [6.45, 7) is 0. The zero-order valence-electron chi connectivity index (χ0n) is 7.38. The molecule has 0 aliphatic rings. The molecular formula is C9H9N5. The van der Waals surface area contributed by atoms with Crippen molar-refractivity contribution in [1.82, 2.24) is 15.0 Å². The van der Waals surface area contributed by atoms with E-state index in [0.29, 0.717) is 17.1 Å². The van der Waals surface area contributed by atoms with Crippen molar-refractivity contribution in [3.8, 4) is 11.4 Å². The van der Waals surface area contributed by atoms with Crippen molar-refractivity contribution >= 4 is 11.6 Å². The quantitative estimate of drug-likeness (QED) is 0.685. The van der Waals surface area contributed by atoms with E-state index in [1.54, 1.807) is 30.6 Å². The number of nitrogens with zero attached hydrogens (tertiary/aromatic N) is 3. The number of nitrogen functional groups attached to an aromatic ring is 2. The molecule has 70 valence electrons. The van der Waals surface area contributed by atoms with E-state index in [1.807, 2.05) is 0 Å². The van der Waals surface area contributed by atoms with E-state index >= 15 is 0 Å². The van der Waals surface area contributed by atoms with Crippen LogP contribution in [0, 0.1) is 0 Å². The SMILES string of the molecule is Nc1ccnc(-c2ccnc(N)n2)c1. The number of aromatic nitrogens is 3. The van der Waals surface area contributed by atoms with Crippen LogP contribution in [0.3, 0.4) is 0 Å². The summed E-state index contributed by atoms with van der Waals surface area (Å²) in [6.07, 6.45) is 3.21. The van der Waals surface area contributed by atoms with Crippen molar-refractivity contribution in [3.05, 3.63) is 30.6 Å². The molecule has 0 fully saturated rings. The second-order valence-corrected chi connectivity index (χ2v) is 2.77. The largest absolute Gasteiger partial charge is 0.399 e. The second kappa shape index (κ2) is 3.29. The topological polar surface area (TPSA) is 90.7 Å². The molecule has 0 aromatic carbocycles. The molecule has 5 nitrogen and oxygen atoms in total. The van der Waals surface area contributed by atoms with Gasteiger partial charge in [-0.25, -0.2) is 9.97 Å². The van der Waals surface area contributed by atoms with Gasteiger partial charge in [0, 0.05) is 18.1 Å². The molecule has 4 N–H and O–H groups in total. The molecule has 0 saturated carbocycles. The van der Waals surface area contributed by atoms with Crippen LogP contribution >= 0.6 is 0 Å². The Bertz CT molecular complexity index is 411. The molecule has 0 aliphatic heterocycles. The highest BCUT2D eigenvalue weighted by atomic mass is 15.0. The molecule has 0 atom stereocenters. The van der Waals surface area contributed by atoms with Crippen LogP contribution in [0.15, 0.2) is 30.6 Å². The molecule has 5 heteroatoms. The Morgan fingerprint density at radius 3 is 2.43 bits per heavy atom. The van der Waals surface area contributed by atoms with Gasteiger partial charge in [-0.3, -0.25) is 4.98 Å². The van der Waals surface area contributed by atoms with Crippen molar-refractivity contribution in [2.24, 2.45) is 0 Å². The van der Waals surface area contributed by atoms with Gasteiger partial charge in [0.25, 0.3) is 0 Å². The molecule has 0 saturated heterocycles. The molecular weight excluding hydrogens is 178 g/mol. The van der Waals surface area contributed by atoms with Crippen molar-refractivity contribution in [1.29, 1.82) is 0 Å². The van der Waals surface area contributed by atoms with Crippen LogP contribution in [0.2, 0.25) is 0 Å². The maximum absolute atomic E-state index is 5.62. The Morgan fingerprint density at radius 2 is 1.71 bits per heavy atom. The summed E-state index contributed by atoms with van der Waals surface area (Å²) in [6, 6.07) is 5.19. The smallest absolute Gasteiger partial charge is 0.220 e. The maximum atomic E-state index is 5.62. The van der Waals surface area contributed by atoms with Gasteiger partial charge in [0.05, 0.1) is 11.4 Å². The van der Waals surface area contributed by atoms with Crippen LogP contribution in [0.4, 0.5) is 11.6 Å². The van der Waals surface area contributed by atoms with E-state index < -0.39 is 0 Å². The van der Waals surface area contributed by atoms with Crippen LogP contribution in [0.5, 0.6) is 0 Å². The fraction of sp³-hybridized carbons (Fsp3) is 0. The highest BCUT2D eigenvalue weighted by Crippen LogP contribution is 2.15. The van der Waals surface area contributed by atoms with E-state index in [1.165, 1.54) is 0 Å². The summed E-state index contributed by atoms with van der Waals surface area (Å²) in [7, 11) is 0. The minimum Gasteiger partial charge on any atom is -0.399 e. The average Bonchev–Trinajstić information content (AvgIpc) is 2.18. The lowest BCUT2D eigenvalue weighted by molar-refractivity contribution is 1.17. The van der Waals surface area contributed by atoms with E-state index in [-0.39, 0.29) is 5.95 Å². The van der Waals surface area contributed by atoms with Gasteiger partial charge < -0.3 is 11.5 Å². The Morgan fingerprint density at radius 1 is 0.929 bits per heavy atom. The minimum atomic E-state index is 0.228. The third-order valence-electron chi connectivity index (χ3n) is 1.72. The van der Waals surface area contributed by atoms with Gasteiger partial charge >= 0.3 is 0 Å². The van der Waals surface area contributed by atoms with Crippen molar-refractivity contribution in [2.75, 3.05) is 11.5 Å². The standard InChI is InChI=1S/C9H9N5/c10-6-1-3-12-8(5-6)7-2-4-13-9(11)14-7/h1-5H,(H2,10,12)(H2,11,13,14). The zero-order chi connectivity index (χ0) is 9.97. The van der Waals surface area contributed by atoms with Gasteiger partial charge in [0.2, 0.25) is 5.95 Å². The lowest BCUT2D eigenvalue weighted by atomic mass is 10.2. The molecule has 0 unspecified atom stereocenters. The van der Waals surface area contributed by atoms with Crippen LogP contribution < -0.4 is 11.5 Å². The van der Waals surface area contributed by atoms with Crippen LogP contribution in [0.25, 0.3) is 11.4 Å². The monoisotopic (exact) mass is 187 g/mol. The highest BCUT2D eigenvalue weighted by molar-refractivity contribution is 5.59. The van der Waals surface area contributed by atoms with Crippen molar-refractivity contribution in [2.45, 2.75) is 0 Å². The molecule has 0 aliphatic carbocycles. The highest BCUT2D eigenvalue weighted by Gasteiger charge is 2.01. The molecule has 14 heavy (non-hydrogen) atoms. The molecule has 2 aromatic rings. The minimum absolute atomic E-state index is 0.228. The van der Waals surface area contributed by atoms with Gasteiger partial charge in [-0.2, -0.15) is 0 Å². The summed E-state index contributed by atoms with van der Waals surface area (Å²) in [4.78, 5) is 12.0. The first-order valence-electron chi connectivity index (χ1n) is 4.06. The Balaban J connectivity index is 2.49. The van der Waals surface area contributed by atoms with Gasteiger partial charge in [-0.1, -0.05) is 0 Å². The average molecular weight is 187 g/mol. The number of nitrogens with two attached hydrogens (primary N) is 2. The van der Waals surface area contributed by atoms with Gasteiger partial charge in [-0.05, 0) is 18.2 Å². The normalized spacial score (nSPS) is 10.0. The van der Waals surface area contributed by atoms with E-state index in [9.17, 15) is 0 Å². The lowest BCUT2D eigenvalue weighted by Crippen LogP contribution is -1.96. The molecule has 0 radical (unpaired) electrons. The van der Waals surface area contributed by atoms with E-state index in [2.05, 4.69) is 15.0 Å². The first-order valence-corrected chi connectivity index (χ1v) is 4.06. The third-order valence-corrected chi connectivity index (χ3v) is 1.72. The van der Waals surface area contributed by atoms with Crippen LogP contribution in [-0.2, 0) is 0 Å². The molecule has 2 rings (SSSR count). The summed E-state index contributed by atoms with van der Waals surface area (Å²) in [5, 5.41) is 0. The fourth-order valence-corrected chi connectivity index (χ4v) is 1.10. The summed E-state index contributed by atoms with van der Waals surface area (Å²) >= 11 is 0. The van der Waals surface area contributed by atoms with Gasteiger partial charge in [0.1, 0.15) is 0 Å². The first-order chi connectivity index (χ1) is 6.75. The van der Waals surface area contributed by atoms with Crippen molar-refractivity contribution < 1.29 is 0 Å². The first kappa shape index (κ1) is 8.43. The molecule has 2 heterocycles. The molecule has 2 aromatic heterocycles. The number of pyridine rings is 1. The third kappa shape index (κ3) is 1.61. The van der Waals surface area contributed by atoms with Gasteiger partial charge in [0.15, 0.2) is 0 Å². The van der Waals surface area contributed by atoms with Crippen LogP contribution in [-0.4, -0.2) is 15.0 Å².